The molecule has 0 radical (unpaired) electrons. The molecule has 1 aromatic carbocycles. The summed E-state index contributed by atoms with van der Waals surface area (Å²) in [5, 5.41) is 0. The highest BCUT2D eigenvalue weighted by Gasteiger charge is 2.24. The van der Waals surface area contributed by atoms with Crippen LogP contribution >= 0.6 is 0 Å². The van der Waals surface area contributed by atoms with Crippen LogP contribution in [0.3, 0.4) is 0 Å². The molecule has 0 amide bonds. The van der Waals surface area contributed by atoms with E-state index in [2.05, 4.69) is 0 Å². The largest absolute Gasteiger partial charge is 0.490 e. The van der Waals surface area contributed by atoms with Crippen molar-refractivity contribution in [1.29, 1.82) is 0 Å². The maximum atomic E-state index is 10.9. The van der Waals surface area contributed by atoms with Gasteiger partial charge in [-0.15, -0.1) is 0 Å². The van der Waals surface area contributed by atoms with Crippen molar-refractivity contribution in [2.24, 2.45) is 0 Å². The molecule has 0 aliphatic heterocycles. The van der Waals surface area contributed by atoms with E-state index in [0.717, 1.165) is 24.8 Å². The van der Waals surface area contributed by atoms with Crippen molar-refractivity contribution in [1.82, 2.24) is 0 Å². The van der Waals surface area contributed by atoms with Crippen LogP contribution in [0.1, 0.15) is 23.2 Å². The molecule has 15 heavy (non-hydrogen) atoms. The van der Waals surface area contributed by atoms with Crippen LogP contribution in [0.15, 0.2) is 18.2 Å². The Bertz CT molecular complexity index is 370. The average molecular weight is 205 g/mol. The summed E-state index contributed by atoms with van der Waals surface area (Å²) in [6.45, 7) is 0. The number of rotatable bonds is 4. The topological polar surface area (TPSA) is 29.5 Å². The van der Waals surface area contributed by atoms with Crippen LogP contribution in [0, 0.1) is 0 Å². The molecule has 0 atom stereocenters. The lowest BCUT2D eigenvalue weighted by atomic mass is 10.2. The molecule has 0 saturated heterocycles. The van der Waals surface area contributed by atoms with Gasteiger partial charge in [0, 0.05) is 19.8 Å². The van der Waals surface area contributed by atoms with Gasteiger partial charge in [-0.25, -0.2) is 0 Å². The van der Waals surface area contributed by atoms with Gasteiger partial charge in [-0.05, 0) is 31.0 Å². The molecule has 3 nitrogen and oxygen atoms in total. The van der Waals surface area contributed by atoms with Gasteiger partial charge in [0.1, 0.15) is 5.75 Å². The van der Waals surface area contributed by atoms with Crippen LogP contribution in [-0.4, -0.2) is 26.5 Å². The van der Waals surface area contributed by atoms with Crippen LogP contribution in [0.5, 0.6) is 5.75 Å². The zero-order valence-electron chi connectivity index (χ0n) is 9.06. The second kappa shape index (κ2) is 3.93. The first-order valence-electron chi connectivity index (χ1n) is 5.14. The molecule has 1 fully saturated rings. The molecule has 1 aliphatic carbocycles. The second-order valence-corrected chi connectivity index (χ2v) is 4.05. The van der Waals surface area contributed by atoms with Crippen molar-refractivity contribution in [3.8, 4) is 5.75 Å². The Morgan fingerprint density at radius 1 is 1.40 bits per heavy atom. The van der Waals surface area contributed by atoms with E-state index in [1.54, 1.807) is 0 Å². The van der Waals surface area contributed by atoms with Gasteiger partial charge in [0.15, 0.2) is 6.29 Å². The number of carbonyl (C=O) groups is 1. The summed E-state index contributed by atoms with van der Waals surface area (Å²) in [5.41, 5.74) is 1.65. The normalized spacial score (nSPS) is 14.8. The highest BCUT2D eigenvalue weighted by atomic mass is 16.5. The smallest absolute Gasteiger partial charge is 0.153 e. The number of carbonyl (C=O) groups excluding carboxylic acids is 1. The Morgan fingerprint density at radius 2 is 2.13 bits per heavy atom. The first-order valence-corrected chi connectivity index (χ1v) is 5.14. The minimum Gasteiger partial charge on any atom is -0.490 e. The third kappa shape index (κ3) is 2.29. The van der Waals surface area contributed by atoms with E-state index in [0.29, 0.717) is 17.4 Å². The maximum absolute atomic E-state index is 10.9. The summed E-state index contributed by atoms with van der Waals surface area (Å²) in [6, 6.07) is 5.69. The van der Waals surface area contributed by atoms with E-state index in [4.69, 9.17) is 4.74 Å². The number of hydrogen-bond donors (Lipinski definition) is 0. The van der Waals surface area contributed by atoms with Crippen molar-refractivity contribution in [2.45, 2.75) is 18.9 Å². The summed E-state index contributed by atoms with van der Waals surface area (Å²) in [5.74, 6) is 0.707. The monoisotopic (exact) mass is 205 g/mol. The van der Waals surface area contributed by atoms with Gasteiger partial charge in [0.05, 0.1) is 11.7 Å². The molecule has 0 spiro atoms. The highest BCUT2D eigenvalue weighted by Crippen LogP contribution is 2.30. The van der Waals surface area contributed by atoms with E-state index in [1.165, 1.54) is 0 Å². The maximum Gasteiger partial charge on any atom is 0.153 e. The lowest BCUT2D eigenvalue weighted by Gasteiger charge is -2.14. The average Bonchev–Trinajstić information content (AvgIpc) is 3.02. The number of nitrogens with zero attached hydrogens (tertiary/aromatic N) is 1. The Labute approximate surface area is 89.7 Å². The molecule has 0 heterocycles. The molecule has 1 aliphatic rings. The molecule has 2 rings (SSSR count). The van der Waals surface area contributed by atoms with E-state index in [1.807, 2.05) is 37.2 Å². The molecule has 1 aromatic rings. The van der Waals surface area contributed by atoms with Crippen LogP contribution in [0.4, 0.5) is 5.69 Å². The summed E-state index contributed by atoms with van der Waals surface area (Å²) >= 11 is 0. The fourth-order valence-corrected chi connectivity index (χ4v) is 1.38. The predicted octanol–water partition coefficient (Wildman–Crippen LogP) is 2.11. The van der Waals surface area contributed by atoms with Crippen LogP contribution in [0.2, 0.25) is 0 Å². The lowest BCUT2D eigenvalue weighted by molar-refractivity contribution is 0.111. The molecule has 0 N–H and O–H groups in total. The van der Waals surface area contributed by atoms with Gasteiger partial charge in [0.2, 0.25) is 0 Å². The number of hydrogen-bond acceptors (Lipinski definition) is 3. The van der Waals surface area contributed by atoms with Crippen molar-refractivity contribution >= 4 is 12.0 Å². The standard InChI is InChI=1S/C12H15NO2/c1-13(2)10-3-6-12(9(7-10)8-14)15-11-4-5-11/h3,6-8,11H,4-5H2,1-2H3. The first-order chi connectivity index (χ1) is 7.20. The number of benzene rings is 1. The molecule has 80 valence electrons. The van der Waals surface area contributed by atoms with E-state index in [-0.39, 0.29) is 0 Å². The molecule has 0 unspecified atom stereocenters. The lowest BCUT2D eigenvalue weighted by Crippen LogP contribution is -2.09. The van der Waals surface area contributed by atoms with Gasteiger partial charge in [-0.1, -0.05) is 0 Å². The van der Waals surface area contributed by atoms with Crippen molar-refractivity contribution in [3.05, 3.63) is 23.8 Å². The predicted molar refractivity (Wildman–Crippen MR) is 59.8 cm³/mol. The summed E-state index contributed by atoms with van der Waals surface area (Å²) in [7, 11) is 3.90. The summed E-state index contributed by atoms with van der Waals surface area (Å²) in [4.78, 5) is 12.9. The third-order valence-corrected chi connectivity index (χ3v) is 2.45. The minimum atomic E-state index is 0.328. The number of ether oxygens (including phenoxy) is 1. The van der Waals surface area contributed by atoms with Crippen molar-refractivity contribution in [2.75, 3.05) is 19.0 Å². The molecule has 1 saturated carbocycles. The van der Waals surface area contributed by atoms with E-state index >= 15 is 0 Å². The van der Waals surface area contributed by atoms with Gasteiger partial charge in [-0.2, -0.15) is 0 Å². The molecule has 3 heteroatoms. The zero-order chi connectivity index (χ0) is 10.8. The second-order valence-electron chi connectivity index (χ2n) is 4.05. The molecule has 0 bridgehead atoms. The van der Waals surface area contributed by atoms with Crippen LogP contribution in [0.25, 0.3) is 0 Å². The Morgan fingerprint density at radius 3 is 2.67 bits per heavy atom. The van der Waals surface area contributed by atoms with Crippen LogP contribution in [-0.2, 0) is 0 Å². The highest BCUT2D eigenvalue weighted by molar-refractivity contribution is 5.81. The quantitative estimate of drug-likeness (QED) is 0.705. The Balaban J connectivity index is 2.25. The van der Waals surface area contributed by atoms with Gasteiger partial charge < -0.3 is 9.64 Å². The van der Waals surface area contributed by atoms with Gasteiger partial charge >= 0.3 is 0 Å². The van der Waals surface area contributed by atoms with Crippen molar-refractivity contribution < 1.29 is 9.53 Å². The molecule has 0 aromatic heterocycles. The van der Waals surface area contributed by atoms with Gasteiger partial charge in [0.25, 0.3) is 0 Å². The first kappa shape index (κ1) is 10.0. The molecular formula is C12H15NO2. The molecular weight excluding hydrogens is 190 g/mol. The van der Waals surface area contributed by atoms with Gasteiger partial charge in [-0.3, -0.25) is 4.79 Å². The fraction of sp³-hybridized carbons (Fsp3) is 0.417. The summed E-state index contributed by atoms with van der Waals surface area (Å²) < 4.78 is 5.63. The van der Waals surface area contributed by atoms with Crippen molar-refractivity contribution in [3.63, 3.8) is 0 Å². The number of aldehydes is 1. The Kier molecular flexibility index (Phi) is 2.62. The van der Waals surface area contributed by atoms with E-state index in [9.17, 15) is 4.79 Å². The number of anilines is 1. The Hall–Kier alpha value is -1.51. The fourth-order valence-electron chi connectivity index (χ4n) is 1.38. The van der Waals surface area contributed by atoms with E-state index < -0.39 is 0 Å². The minimum absolute atomic E-state index is 0.328. The van der Waals surface area contributed by atoms with Crippen LogP contribution < -0.4 is 9.64 Å². The zero-order valence-corrected chi connectivity index (χ0v) is 9.06. The summed E-state index contributed by atoms with van der Waals surface area (Å²) in [6.07, 6.45) is 3.39. The SMILES string of the molecule is CN(C)c1ccc(OC2CC2)c(C=O)c1. The third-order valence-electron chi connectivity index (χ3n) is 2.45.